The van der Waals surface area contributed by atoms with E-state index in [-0.39, 0.29) is 23.6 Å². The lowest BCUT2D eigenvalue weighted by Gasteiger charge is -2.19. The van der Waals surface area contributed by atoms with Gasteiger partial charge in [0.2, 0.25) is 11.8 Å². The SMILES string of the molecule is CCNC(=O)CCC(=O)N(CC#N)S(=O)(=O)c1ccc(C)cc1. The predicted molar refractivity (Wildman–Crippen MR) is 83.6 cm³/mol. The molecule has 8 heteroatoms. The zero-order valence-electron chi connectivity index (χ0n) is 13.1. The fraction of sp³-hybridized carbons (Fsp3) is 0.400. The quantitative estimate of drug-likeness (QED) is 0.745. The second kappa shape index (κ2) is 8.29. The minimum atomic E-state index is -4.11. The van der Waals surface area contributed by atoms with E-state index in [2.05, 4.69) is 5.32 Å². The van der Waals surface area contributed by atoms with Crippen LogP contribution in [0.2, 0.25) is 0 Å². The summed E-state index contributed by atoms with van der Waals surface area (Å²) in [4.78, 5) is 23.5. The predicted octanol–water partition coefficient (Wildman–Crippen LogP) is 0.952. The average molecular weight is 337 g/mol. The molecule has 7 nitrogen and oxygen atoms in total. The molecular weight excluding hydrogens is 318 g/mol. The first-order chi connectivity index (χ1) is 10.8. The van der Waals surface area contributed by atoms with Crippen LogP contribution < -0.4 is 5.32 Å². The molecule has 0 aliphatic carbocycles. The highest BCUT2D eigenvalue weighted by molar-refractivity contribution is 7.89. The number of hydrogen-bond acceptors (Lipinski definition) is 5. The van der Waals surface area contributed by atoms with Crippen molar-refractivity contribution < 1.29 is 18.0 Å². The molecule has 1 aromatic rings. The number of nitrogens with one attached hydrogen (secondary N) is 1. The first-order valence-corrected chi connectivity index (χ1v) is 8.52. The number of nitriles is 1. The summed E-state index contributed by atoms with van der Waals surface area (Å²) in [5, 5.41) is 11.3. The number of carbonyl (C=O) groups excluding carboxylic acids is 2. The van der Waals surface area contributed by atoms with Crippen molar-refractivity contribution in [1.82, 2.24) is 9.62 Å². The number of benzene rings is 1. The second-order valence-electron chi connectivity index (χ2n) is 4.83. The molecule has 1 rings (SSSR count). The van der Waals surface area contributed by atoms with Crippen LogP contribution in [0.5, 0.6) is 0 Å². The lowest BCUT2D eigenvalue weighted by molar-refractivity contribution is -0.129. The van der Waals surface area contributed by atoms with Gasteiger partial charge in [0, 0.05) is 19.4 Å². The fourth-order valence-electron chi connectivity index (χ4n) is 1.84. The molecule has 1 N–H and O–H groups in total. The third kappa shape index (κ3) is 5.07. The zero-order valence-corrected chi connectivity index (χ0v) is 13.9. The highest BCUT2D eigenvalue weighted by Gasteiger charge is 2.29. The fourth-order valence-corrected chi connectivity index (χ4v) is 3.16. The molecule has 0 spiro atoms. The Balaban J connectivity index is 2.96. The molecule has 23 heavy (non-hydrogen) atoms. The van der Waals surface area contributed by atoms with Gasteiger partial charge in [-0.2, -0.15) is 5.26 Å². The number of hydrogen-bond donors (Lipinski definition) is 1. The molecule has 1 aromatic carbocycles. The van der Waals surface area contributed by atoms with Gasteiger partial charge in [0.15, 0.2) is 0 Å². The molecule has 0 saturated heterocycles. The van der Waals surface area contributed by atoms with Crippen molar-refractivity contribution in [2.75, 3.05) is 13.1 Å². The lowest BCUT2D eigenvalue weighted by Crippen LogP contribution is -2.38. The third-order valence-electron chi connectivity index (χ3n) is 3.04. The highest BCUT2D eigenvalue weighted by atomic mass is 32.2. The first-order valence-electron chi connectivity index (χ1n) is 7.08. The molecule has 0 aliphatic heterocycles. The molecule has 0 aromatic heterocycles. The minimum Gasteiger partial charge on any atom is -0.356 e. The van der Waals surface area contributed by atoms with Crippen LogP contribution in [-0.2, 0) is 19.6 Å². The second-order valence-corrected chi connectivity index (χ2v) is 6.69. The Morgan fingerprint density at radius 3 is 2.35 bits per heavy atom. The van der Waals surface area contributed by atoms with Gasteiger partial charge in [-0.25, -0.2) is 12.7 Å². The van der Waals surface area contributed by atoms with E-state index >= 15 is 0 Å². The minimum absolute atomic E-state index is 0.0651. The van der Waals surface area contributed by atoms with E-state index in [0.717, 1.165) is 5.56 Å². The summed E-state index contributed by atoms with van der Waals surface area (Å²) in [6, 6.07) is 7.65. The van der Waals surface area contributed by atoms with Crippen molar-refractivity contribution in [3.63, 3.8) is 0 Å². The molecule has 124 valence electrons. The van der Waals surface area contributed by atoms with Crippen LogP contribution in [0.25, 0.3) is 0 Å². The molecule has 0 fully saturated rings. The van der Waals surface area contributed by atoms with Crippen LogP contribution in [0, 0.1) is 18.3 Å². The standard InChI is InChI=1S/C15H19N3O4S/c1-3-17-14(19)8-9-15(20)18(11-10-16)23(21,22)13-6-4-12(2)5-7-13/h4-7H,3,8-9,11H2,1-2H3,(H,17,19). The average Bonchev–Trinajstić information content (AvgIpc) is 2.51. The van der Waals surface area contributed by atoms with Crippen LogP contribution in [0.3, 0.4) is 0 Å². The van der Waals surface area contributed by atoms with Crippen LogP contribution in [0.1, 0.15) is 25.3 Å². The zero-order chi connectivity index (χ0) is 17.5. The topological polar surface area (TPSA) is 107 Å². The summed E-state index contributed by atoms with van der Waals surface area (Å²) in [5.41, 5.74) is 0.873. The number of rotatable bonds is 7. The van der Waals surface area contributed by atoms with Crippen molar-refractivity contribution in [3.05, 3.63) is 29.8 Å². The van der Waals surface area contributed by atoms with Crippen molar-refractivity contribution >= 4 is 21.8 Å². The van der Waals surface area contributed by atoms with E-state index in [1.807, 2.05) is 0 Å². The Bertz CT molecular complexity index is 705. The molecule has 0 heterocycles. The summed E-state index contributed by atoms with van der Waals surface area (Å²) in [5.74, 6) is -1.12. The molecular formula is C15H19N3O4S. The molecule has 0 radical (unpaired) electrons. The van der Waals surface area contributed by atoms with Crippen molar-refractivity contribution in [1.29, 1.82) is 5.26 Å². The molecule has 2 amide bonds. The van der Waals surface area contributed by atoms with Crippen molar-refractivity contribution in [2.24, 2.45) is 0 Å². The molecule has 0 aliphatic rings. The van der Waals surface area contributed by atoms with Crippen molar-refractivity contribution in [3.8, 4) is 6.07 Å². The number of carbonyl (C=O) groups is 2. The van der Waals surface area contributed by atoms with E-state index in [9.17, 15) is 18.0 Å². The van der Waals surface area contributed by atoms with Crippen LogP contribution >= 0.6 is 0 Å². The van der Waals surface area contributed by atoms with Crippen LogP contribution in [-0.4, -0.2) is 37.6 Å². The Morgan fingerprint density at radius 2 is 1.83 bits per heavy atom. The number of aryl methyl sites for hydroxylation is 1. The van der Waals surface area contributed by atoms with Crippen LogP contribution in [0.4, 0.5) is 0 Å². The van der Waals surface area contributed by atoms with E-state index < -0.39 is 22.5 Å². The van der Waals surface area contributed by atoms with Gasteiger partial charge < -0.3 is 5.32 Å². The maximum Gasteiger partial charge on any atom is 0.267 e. The van der Waals surface area contributed by atoms with Gasteiger partial charge in [-0.1, -0.05) is 17.7 Å². The summed E-state index contributed by atoms with van der Waals surface area (Å²) in [6.07, 6.45) is -0.406. The van der Waals surface area contributed by atoms with E-state index in [1.54, 1.807) is 32.0 Å². The Morgan fingerprint density at radius 1 is 1.22 bits per heavy atom. The molecule has 0 unspecified atom stereocenters. The van der Waals surface area contributed by atoms with E-state index in [4.69, 9.17) is 5.26 Å². The Kier molecular flexibility index (Phi) is 6.72. The van der Waals surface area contributed by atoms with Crippen molar-refractivity contribution in [2.45, 2.75) is 31.6 Å². The molecule has 0 saturated carbocycles. The maximum atomic E-state index is 12.5. The Labute approximate surface area is 136 Å². The van der Waals surface area contributed by atoms with Gasteiger partial charge in [-0.15, -0.1) is 0 Å². The largest absolute Gasteiger partial charge is 0.356 e. The van der Waals surface area contributed by atoms with Gasteiger partial charge in [0.05, 0.1) is 11.0 Å². The van der Waals surface area contributed by atoms with E-state index in [0.29, 0.717) is 10.8 Å². The van der Waals surface area contributed by atoms with E-state index in [1.165, 1.54) is 12.1 Å². The monoisotopic (exact) mass is 337 g/mol. The van der Waals surface area contributed by atoms with Gasteiger partial charge >= 0.3 is 0 Å². The number of nitrogens with zero attached hydrogens (tertiary/aromatic N) is 2. The maximum absolute atomic E-state index is 12.5. The van der Waals surface area contributed by atoms with Gasteiger partial charge in [-0.3, -0.25) is 9.59 Å². The molecule has 0 atom stereocenters. The van der Waals surface area contributed by atoms with Gasteiger partial charge in [-0.05, 0) is 26.0 Å². The van der Waals surface area contributed by atoms with Gasteiger partial charge in [0.1, 0.15) is 6.54 Å². The number of amides is 2. The highest BCUT2D eigenvalue weighted by Crippen LogP contribution is 2.17. The Hall–Kier alpha value is -2.40. The third-order valence-corrected chi connectivity index (χ3v) is 4.82. The number of sulfonamides is 1. The smallest absolute Gasteiger partial charge is 0.267 e. The van der Waals surface area contributed by atoms with Gasteiger partial charge in [0.25, 0.3) is 10.0 Å². The van der Waals surface area contributed by atoms with Crippen LogP contribution in [0.15, 0.2) is 29.2 Å². The lowest BCUT2D eigenvalue weighted by atomic mass is 10.2. The summed E-state index contributed by atoms with van der Waals surface area (Å²) in [7, 11) is -4.11. The summed E-state index contributed by atoms with van der Waals surface area (Å²) >= 11 is 0. The normalized spacial score (nSPS) is 10.7. The first kappa shape index (κ1) is 18.6. The summed E-state index contributed by atoms with van der Waals surface area (Å²) < 4.78 is 25.5. The molecule has 0 bridgehead atoms. The summed E-state index contributed by atoms with van der Waals surface area (Å²) in [6.45, 7) is 3.38.